The van der Waals surface area contributed by atoms with E-state index in [1.807, 2.05) is 0 Å². The van der Waals surface area contributed by atoms with Crippen molar-refractivity contribution in [1.29, 1.82) is 0 Å². The molecule has 1 aliphatic rings. The van der Waals surface area contributed by atoms with E-state index in [-0.39, 0.29) is 6.42 Å². The van der Waals surface area contributed by atoms with Crippen LogP contribution in [0.15, 0.2) is 0 Å². The summed E-state index contributed by atoms with van der Waals surface area (Å²) in [7, 11) is 0. The van der Waals surface area contributed by atoms with Crippen molar-refractivity contribution >= 4 is 5.97 Å². The Morgan fingerprint density at radius 2 is 2.22 bits per heavy atom. The van der Waals surface area contributed by atoms with Crippen LogP contribution in [-0.4, -0.2) is 17.0 Å². The highest BCUT2D eigenvalue weighted by Crippen LogP contribution is 2.50. The zero-order chi connectivity index (χ0) is 7.07. The monoisotopic (exact) mass is 136 g/mol. The van der Waals surface area contributed by atoms with Crippen molar-refractivity contribution in [3.8, 4) is 0 Å². The van der Waals surface area contributed by atoms with Gasteiger partial charge in [0, 0.05) is 12.3 Å². The first kappa shape index (κ1) is 6.45. The lowest BCUT2D eigenvalue weighted by Gasteiger charge is -1.90. The average molecular weight is 136 g/mol. The first-order valence-electron chi connectivity index (χ1n) is 2.62. The predicted molar refractivity (Wildman–Crippen MR) is 25.3 cm³/mol. The number of carbonyl (C=O) groups is 1. The fourth-order valence-electron chi connectivity index (χ4n) is 0.702. The summed E-state index contributed by atoms with van der Waals surface area (Å²) in [6.07, 6.45) is -0.647. The molecule has 0 heterocycles. The summed E-state index contributed by atoms with van der Waals surface area (Å²) in [5, 5.41) is 8.02. The van der Waals surface area contributed by atoms with Crippen molar-refractivity contribution in [2.24, 2.45) is 5.92 Å². The Kier molecular flexibility index (Phi) is 1.18. The van der Waals surface area contributed by atoms with Gasteiger partial charge in [-0.15, -0.1) is 0 Å². The molecule has 0 amide bonds. The van der Waals surface area contributed by atoms with Gasteiger partial charge in [0.25, 0.3) is 5.92 Å². The van der Waals surface area contributed by atoms with E-state index in [1.54, 1.807) is 0 Å². The molecule has 1 unspecified atom stereocenters. The molecule has 0 spiro atoms. The Bertz CT molecular complexity index is 144. The van der Waals surface area contributed by atoms with Crippen LogP contribution in [0.25, 0.3) is 0 Å². The highest BCUT2D eigenvalue weighted by molar-refractivity contribution is 5.67. The molecule has 1 fully saturated rings. The molecule has 1 atom stereocenters. The summed E-state index contributed by atoms with van der Waals surface area (Å²) in [4.78, 5) is 9.80. The van der Waals surface area contributed by atoms with Crippen LogP contribution in [0, 0.1) is 5.92 Å². The Hall–Kier alpha value is -0.670. The second-order valence-corrected chi connectivity index (χ2v) is 2.26. The second-order valence-electron chi connectivity index (χ2n) is 2.26. The van der Waals surface area contributed by atoms with Gasteiger partial charge in [-0.05, 0) is 0 Å². The summed E-state index contributed by atoms with van der Waals surface area (Å²) in [6.45, 7) is 0. The topological polar surface area (TPSA) is 37.3 Å². The molecule has 1 N–H and O–H groups in total. The summed E-state index contributed by atoms with van der Waals surface area (Å²) < 4.78 is 23.8. The molecule has 1 rings (SSSR count). The third-order valence-electron chi connectivity index (χ3n) is 1.38. The smallest absolute Gasteiger partial charge is 0.303 e. The molecule has 0 aromatic rings. The van der Waals surface area contributed by atoms with Crippen molar-refractivity contribution in [2.45, 2.75) is 18.8 Å². The van der Waals surface area contributed by atoms with Crippen LogP contribution in [0.2, 0.25) is 0 Å². The molecule has 2 nitrogen and oxygen atoms in total. The van der Waals surface area contributed by atoms with Gasteiger partial charge in [-0.1, -0.05) is 0 Å². The fraction of sp³-hybridized carbons (Fsp3) is 0.800. The maximum absolute atomic E-state index is 11.9. The van der Waals surface area contributed by atoms with Crippen LogP contribution in [0.4, 0.5) is 8.78 Å². The number of hydrogen-bond acceptors (Lipinski definition) is 1. The van der Waals surface area contributed by atoms with Gasteiger partial charge in [0.1, 0.15) is 0 Å². The minimum atomic E-state index is -2.68. The molecular weight excluding hydrogens is 130 g/mol. The number of aliphatic carboxylic acids is 1. The van der Waals surface area contributed by atoms with Crippen LogP contribution in [-0.2, 0) is 4.79 Å². The Labute approximate surface area is 50.5 Å². The summed E-state index contributed by atoms with van der Waals surface area (Å²) in [6, 6.07) is 0. The zero-order valence-corrected chi connectivity index (χ0v) is 4.60. The Morgan fingerprint density at radius 3 is 2.33 bits per heavy atom. The van der Waals surface area contributed by atoms with Crippen LogP contribution in [0.5, 0.6) is 0 Å². The van der Waals surface area contributed by atoms with Crippen LogP contribution in [0.1, 0.15) is 12.8 Å². The third kappa shape index (κ3) is 1.37. The van der Waals surface area contributed by atoms with E-state index in [9.17, 15) is 13.6 Å². The van der Waals surface area contributed by atoms with Gasteiger partial charge in [0.2, 0.25) is 0 Å². The molecule has 0 aromatic heterocycles. The number of alkyl halides is 2. The highest BCUT2D eigenvalue weighted by Gasteiger charge is 2.57. The third-order valence-corrected chi connectivity index (χ3v) is 1.38. The zero-order valence-electron chi connectivity index (χ0n) is 4.60. The van der Waals surface area contributed by atoms with E-state index in [4.69, 9.17) is 5.11 Å². The number of hydrogen-bond donors (Lipinski definition) is 1. The van der Waals surface area contributed by atoms with E-state index in [2.05, 4.69) is 0 Å². The van der Waals surface area contributed by atoms with E-state index in [0.717, 1.165) is 0 Å². The number of halogens is 2. The molecule has 1 aliphatic carbocycles. The largest absolute Gasteiger partial charge is 0.481 e. The Balaban J connectivity index is 2.28. The molecule has 4 heteroatoms. The van der Waals surface area contributed by atoms with Gasteiger partial charge < -0.3 is 5.11 Å². The quantitative estimate of drug-likeness (QED) is 0.617. The van der Waals surface area contributed by atoms with E-state index in [0.29, 0.717) is 0 Å². The van der Waals surface area contributed by atoms with Gasteiger partial charge >= 0.3 is 5.97 Å². The molecule has 0 aromatic carbocycles. The van der Waals surface area contributed by atoms with Crippen molar-refractivity contribution in [3.63, 3.8) is 0 Å². The summed E-state index contributed by atoms with van der Waals surface area (Å²) >= 11 is 0. The highest BCUT2D eigenvalue weighted by atomic mass is 19.3. The summed E-state index contributed by atoms with van der Waals surface area (Å²) in [5.41, 5.74) is 0. The first-order valence-corrected chi connectivity index (χ1v) is 2.62. The van der Waals surface area contributed by atoms with E-state index < -0.39 is 24.2 Å². The standard InChI is InChI=1S/C5H6F2O2/c6-5(7)2-3(5)1-4(8)9/h3H,1-2H2,(H,8,9). The second kappa shape index (κ2) is 1.65. The lowest BCUT2D eigenvalue weighted by molar-refractivity contribution is -0.138. The van der Waals surface area contributed by atoms with Crippen molar-refractivity contribution in [2.75, 3.05) is 0 Å². The van der Waals surface area contributed by atoms with Gasteiger partial charge in [0.05, 0.1) is 6.42 Å². The number of rotatable bonds is 2. The predicted octanol–water partition coefficient (Wildman–Crippen LogP) is 1.12. The van der Waals surface area contributed by atoms with E-state index >= 15 is 0 Å². The van der Waals surface area contributed by atoms with Crippen LogP contribution < -0.4 is 0 Å². The lowest BCUT2D eigenvalue weighted by atomic mass is 10.3. The van der Waals surface area contributed by atoms with Gasteiger partial charge in [-0.25, -0.2) is 8.78 Å². The minimum Gasteiger partial charge on any atom is -0.481 e. The van der Waals surface area contributed by atoms with E-state index in [1.165, 1.54) is 0 Å². The van der Waals surface area contributed by atoms with Crippen molar-refractivity contribution < 1.29 is 18.7 Å². The number of carboxylic acid groups (broad SMARTS) is 1. The van der Waals surface area contributed by atoms with Crippen molar-refractivity contribution in [3.05, 3.63) is 0 Å². The van der Waals surface area contributed by atoms with Crippen LogP contribution >= 0.6 is 0 Å². The normalized spacial score (nSPS) is 29.8. The number of carboxylic acids is 1. The fourth-order valence-corrected chi connectivity index (χ4v) is 0.702. The molecule has 0 saturated heterocycles. The molecule has 0 bridgehead atoms. The van der Waals surface area contributed by atoms with Gasteiger partial charge in [0.15, 0.2) is 0 Å². The minimum absolute atomic E-state index is 0.251. The molecule has 9 heavy (non-hydrogen) atoms. The SMILES string of the molecule is O=C(O)CC1CC1(F)F. The van der Waals surface area contributed by atoms with Gasteiger partial charge in [-0.3, -0.25) is 4.79 Å². The molecule has 0 radical (unpaired) electrons. The average Bonchev–Trinajstić information content (AvgIpc) is 2.10. The molecule has 0 aliphatic heterocycles. The molecule has 1 saturated carbocycles. The van der Waals surface area contributed by atoms with Crippen molar-refractivity contribution in [1.82, 2.24) is 0 Å². The molecule has 52 valence electrons. The van der Waals surface area contributed by atoms with Gasteiger partial charge in [-0.2, -0.15) is 0 Å². The summed E-state index contributed by atoms with van der Waals surface area (Å²) in [5.74, 6) is -4.72. The van der Waals surface area contributed by atoms with Crippen LogP contribution in [0.3, 0.4) is 0 Å². The molecular formula is C5H6F2O2. The lowest BCUT2D eigenvalue weighted by Crippen LogP contribution is -2.01. The maximum atomic E-state index is 11.9. The Morgan fingerprint density at radius 1 is 1.78 bits per heavy atom. The first-order chi connectivity index (χ1) is 4.02. The maximum Gasteiger partial charge on any atom is 0.303 e.